The maximum absolute atomic E-state index is 12.1. The van der Waals surface area contributed by atoms with E-state index in [1.165, 1.54) is 12.1 Å². The van der Waals surface area contributed by atoms with Gasteiger partial charge in [-0.3, -0.25) is 0 Å². The molecular weight excluding hydrogens is 319 g/mol. The van der Waals surface area contributed by atoms with Crippen LogP contribution in [0.2, 0.25) is 0 Å². The Kier molecular flexibility index (Phi) is 4.33. The van der Waals surface area contributed by atoms with Crippen LogP contribution in [0.3, 0.4) is 0 Å². The molecule has 0 atom stereocenters. The molecule has 0 fully saturated rings. The van der Waals surface area contributed by atoms with E-state index in [9.17, 15) is 13.2 Å². The van der Waals surface area contributed by atoms with Gasteiger partial charge in [-0.15, -0.1) is 13.2 Å². The van der Waals surface area contributed by atoms with E-state index in [0.29, 0.717) is 0 Å². The lowest BCUT2D eigenvalue weighted by Gasteiger charge is -2.09. The van der Waals surface area contributed by atoms with Gasteiger partial charge in [0.25, 0.3) is 0 Å². The summed E-state index contributed by atoms with van der Waals surface area (Å²) in [7, 11) is 0. The van der Waals surface area contributed by atoms with Gasteiger partial charge in [0.15, 0.2) is 0 Å². The highest BCUT2D eigenvalue weighted by Gasteiger charge is 2.30. The largest absolute Gasteiger partial charge is 0.573 e. The van der Waals surface area contributed by atoms with Crippen LogP contribution in [0, 0.1) is 0 Å². The highest BCUT2D eigenvalue weighted by atomic mass is 19.4. The first-order valence-electron chi connectivity index (χ1n) is 7.00. The Hall–Kier alpha value is -3.09. The zero-order valence-electron chi connectivity index (χ0n) is 12.3. The van der Waals surface area contributed by atoms with Crippen molar-refractivity contribution in [1.82, 2.24) is 15.4 Å². The lowest BCUT2D eigenvalue weighted by Crippen LogP contribution is -2.16. The summed E-state index contributed by atoms with van der Waals surface area (Å²) in [5, 5.41) is 10.1. The minimum absolute atomic E-state index is 0.238. The lowest BCUT2D eigenvalue weighted by atomic mass is 10.0. The average Bonchev–Trinajstić information content (AvgIpc) is 3.06. The van der Waals surface area contributed by atoms with E-state index in [1.54, 1.807) is 18.3 Å². The molecule has 0 aliphatic carbocycles. The summed E-state index contributed by atoms with van der Waals surface area (Å²) in [6.45, 7) is 0. The van der Waals surface area contributed by atoms with Gasteiger partial charge in [0.05, 0.1) is 6.20 Å². The van der Waals surface area contributed by atoms with Gasteiger partial charge in [-0.25, -0.2) is 0 Å². The standard InChI is InChI=1S/C17H12F3N3O/c18-17(19,20)24-16-9-6-14(7-10-16)13-4-1-12(2-5-13)3-8-15-11-21-23-22-15/h1-11H,(H,21,22,23)/b8-3+. The number of hydrogen-bond donors (Lipinski definition) is 1. The molecule has 3 aromatic rings. The van der Waals surface area contributed by atoms with Crippen LogP contribution < -0.4 is 4.74 Å². The smallest absolute Gasteiger partial charge is 0.406 e. The predicted octanol–water partition coefficient (Wildman–Crippen LogP) is 4.54. The number of aromatic amines is 1. The van der Waals surface area contributed by atoms with Gasteiger partial charge >= 0.3 is 6.36 Å². The first-order valence-corrected chi connectivity index (χ1v) is 7.00. The summed E-state index contributed by atoms with van der Waals surface area (Å²) >= 11 is 0. The molecular formula is C17H12F3N3O. The van der Waals surface area contributed by atoms with Crippen LogP contribution in [0.4, 0.5) is 13.2 Å². The molecule has 3 rings (SSSR count). The van der Waals surface area contributed by atoms with Crippen LogP contribution in [0.1, 0.15) is 11.3 Å². The molecule has 0 spiro atoms. The summed E-state index contributed by atoms with van der Waals surface area (Å²) < 4.78 is 40.3. The summed E-state index contributed by atoms with van der Waals surface area (Å²) in [4.78, 5) is 0. The normalized spacial score (nSPS) is 11.8. The number of aromatic nitrogens is 3. The van der Waals surface area contributed by atoms with Crippen molar-refractivity contribution >= 4 is 12.2 Å². The highest BCUT2D eigenvalue weighted by molar-refractivity contribution is 5.71. The second-order valence-electron chi connectivity index (χ2n) is 4.92. The molecule has 1 heterocycles. The van der Waals surface area contributed by atoms with E-state index >= 15 is 0 Å². The Balaban J connectivity index is 1.71. The summed E-state index contributed by atoms with van der Waals surface area (Å²) in [6.07, 6.45) is 0.637. The molecule has 1 aromatic heterocycles. The molecule has 0 unspecified atom stereocenters. The third-order valence-electron chi connectivity index (χ3n) is 3.21. The van der Waals surface area contributed by atoms with Gasteiger partial charge in [-0.05, 0) is 34.9 Å². The van der Waals surface area contributed by atoms with Gasteiger partial charge < -0.3 is 4.74 Å². The molecule has 4 nitrogen and oxygen atoms in total. The fraction of sp³-hybridized carbons (Fsp3) is 0.0588. The number of hydrogen-bond acceptors (Lipinski definition) is 3. The second kappa shape index (κ2) is 6.57. The number of nitrogens with zero attached hydrogens (tertiary/aromatic N) is 2. The molecule has 0 radical (unpaired) electrons. The fourth-order valence-corrected chi connectivity index (χ4v) is 2.11. The van der Waals surface area contributed by atoms with Crippen LogP contribution in [0.5, 0.6) is 5.75 Å². The van der Waals surface area contributed by atoms with Crippen molar-refractivity contribution in [3.63, 3.8) is 0 Å². The minimum Gasteiger partial charge on any atom is -0.406 e. The van der Waals surface area contributed by atoms with Gasteiger partial charge in [0.2, 0.25) is 0 Å². The Morgan fingerprint density at radius 2 is 1.50 bits per heavy atom. The molecule has 0 saturated heterocycles. The van der Waals surface area contributed by atoms with Crippen molar-refractivity contribution in [3.8, 4) is 16.9 Å². The average molecular weight is 331 g/mol. The molecule has 0 aliphatic heterocycles. The Morgan fingerprint density at radius 3 is 2.04 bits per heavy atom. The van der Waals surface area contributed by atoms with Crippen molar-refractivity contribution in [2.75, 3.05) is 0 Å². The topological polar surface area (TPSA) is 50.8 Å². The minimum atomic E-state index is -4.68. The van der Waals surface area contributed by atoms with Crippen molar-refractivity contribution in [1.29, 1.82) is 0 Å². The molecule has 0 amide bonds. The van der Waals surface area contributed by atoms with Crippen LogP contribution in [0.25, 0.3) is 23.3 Å². The van der Waals surface area contributed by atoms with E-state index in [1.807, 2.05) is 36.4 Å². The van der Waals surface area contributed by atoms with E-state index in [4.69, 9.17) is 0 Å². The summed E-state index contributed by atoms with van der Waals surface area (Å²) in [5.74, 6) is -0.238. The van der Waals surface area contributed by atoms with Crippen LogP contribution in [-0.2, 0) is 0 Å². The van der Waals surface area contributed by atoms with Gasteiger partial charge in [0.1, 0.15) is 11.4 Å². The lowest BCUT2D eigenvalue weighted by molar-refractivity contribution is -0.274. The fourth-order valence-electron chi connectivity index (χ4n) is 2.11. The molecule has 1 N–H and O–H groups in total. The molecule has 7 heteroatoms. The molecule has 0 aliphatic rings. The third kappa shape index (κ3) is 4.22. The molecule has 24 heavy (non-hydrogen) atoms. The van der Waals surface area contributed by atoms with E-state index in [-0.39, 0.29) is 5.75 Å². The van der Waals surface area contributed by atoms with Crippen LogP contribution >= 0.6 is 0 Å². The summed E-state index contributed by atoms with van der Waals surface area (Å²) in [5.41, 5.74) is 3.39. The van der Waals surface area contributed by atoms with Crippen molar-refractivity contribution in [2.45, 2.75) is 6.36 Å². The Morgan fingerprint density at radius 1 is 0.875 bits per heavy atom. The predicted molar refractivity (Wildman–Crippen MR) is 83.9 cm³/mol. The number of H-pyrrole nitrogens is 1. The van der Waals surface area contributed by atoms with Gasteiger partial charge in [0, 0.05) is 0 Å². The zero-order chi connectivity index (χ0) is 17.0. The van der Waals surface area contributed by atoms with Crippen LogP contribution in [-0.4, -0.2) is 21.8 Å². The van der Waals surface area contributed by atoms with E-state index in [0.717, 1.165) is 22.4 Å². The van der Waals surface area contributed by atoms with Gasteiger partial charge in [-0.1, -0.05) is 42.5 Å². The maximum atomic E-state index is 12.1. The quantitative estimate of drug-likeness (QED) is 0.763. The van der Waals surface area contributed by atoms with Gasteiger partial charge in [-0.2, -0.15) is 15.4 Å². The molecule has 122 valence electrons. The first-order chi connectivity index (χ1) is 11.5. The van der Waals surface area contributed by atoms with Crippen molar-refractivity contribution in [3.05, 3.63) is 66.0 Å². The number of alkyl halides is 3. The third-order valence-corrected chi connectivity index (χ3v) is 3.21. The molecule has 0 bridgehead atoms. The Labute approximate surface area is 135 Å². The zero-order valence-corrected chi connectivity index (χ0v) is 12.3. The van der Waals surface area contributed by atoms with Crippen LogP contribution in [0.15, 0.2) is 54.7 Å². The Bertz CT molecular complexity index is 808. The van der Waals surface area contributed by atoms with Crippen molar-refractivity contribution < 1.29 is 17.9 Å². The SMILES string of the molecule is FC(F)(F)Oc1ccc(-c2ccc(/C=C/c3cn[nH]n3)cc2)cc1. The number of benzene rings is 2. The molecule has 0 saturated carbocycles. The number of nitrogens with one attached hydrogen (secondary N) is 1. The second-order valence-corrected chi connectivity index (χ2v) is 4.92. The highest BCUT2D eigenvalue weighted by Crippen LogP contribution is 2.26. The summed E-state index contributed by atoms with van der Waals surface area (Å²) in [6, 6.07) is 13.4. The number of ether oxygens (including phenoxy) is 1. The maximum Gasteiger partial charge on any atom is 0.573 e. The molecule has 2 aromatic carbocycles. The number of rotatable bonds is 4. The monoisotopic (exact) mass is 331 g/mol. The first kappa shape index (κ1) is 15.8. The van der Waals surface area contributed by atoms with E-state index < -0.39 is 6.36 Å². The number of halogens is 3. The van der Waals surface area contributed by atoms with E-state index in [2.05, 4.69) is 20.1 Å². The van der Waals surface area contributed by atoms with Crippen molar-refractivity contribution in [2.24, 2.45) is 0 Å².